The molecule has 0 saturated carbocycles. The first kappa shape index (κ1) is 15.0. The number of rotatable bonds is 3. The molecule has 1 aromatic heterocycles. The molecule has 0 fully saturated rings. The van der Waals surface area contributed by atoms with E-state index in [1.165, 1.54) is 6.07 Å². The molecular weight excluding hydrogens is 366 g/mol. The van der Waals surface area contributed by atoms with Crippen LogP contribution in [0.1, 0.15) is 25.6 Å². The van der Waals surface area contributed by atoms with Crippen molar-refractivity contribution in [1.29, 1.82) is 0 Å². The van der Waals surface area contributed by atoms with Crippen LogP contribution in [0.5, 0.6) is 0 Å². The van der Waals surface area contributed by atoms with Crippen molar-refractivity contribution in [2.75, 3.05) is 5.32 Å². The highest BCUT2D eigenvalue weighted by Gasteiger charge is 2.18. The Labute approximate surface area is 132 Å². The Hall–Kier alpha value is -1.37. The number of amides is 1. The Morgan fingerprint density at radius 1 is 1.35 bits per heavy atom. The molecule has 0 radical (unpaired) electrons. The minimum Gasteiger partial charge on any atom is -0.477 e. The van der Waals surface area contributed by atoms with E-state index in [1.54, 1.807) is 24.4 Å². The van der Waals surface area contributed by atoms with Crippen molar-refractivity contribution in [3.05, 3.63) is 49.1 Å². The summed E-state index contributed by atoms with van der Waals surface area (Å²) in [4.78, 5) is 23.4. The molecule has 0 atom stereocenters. The van der Waals surface area contributed by atoms with Gasteiger partial charge in [-0.3, -0.25) is 4.79 Å². The molecule has 0 saturated heterocycles. The number of halogens is 2. The zero-order chi connectivity index (χ0) is 14.9. The predicted molar refractivity (Wildman–Crippen MR) is 83.1 cm³/mol. The quantitative estimate of drug-likeness (QED) is 0.835. The number of hydrogen-bond donors (Lipinski definition) is 2. The summed E-state index contributed by atoms with van der Waals surface area (Å²) in [6.07, 6.45) is 0. The van der Waals surface area contributed by atoms with Crippen molar-refractivity contribution in [1.82, 2.24) is 0 Å². The third kappa shape index (κ3) is 3.20. The van der Waals surface area contributed by atoms with Gasteiger partial charge in [0.05, 0.1) is 5.69 Å². The maximum absolute atomic E-state index is 12.2. The lowest BCUT2D eigenvalue weighted by atomic mass is 10.2. The first-order valence-electron chi connectivity index (χ1n) is 5.47. The lowest BCUT2D eigenvalue weighted by Crippen LogP contribution is -2.14. The van der Waals surface area contributed by atoms with E-state index < -0.39 is 11.9 Å². The normalized spacial score (nSPS) is 10.3. The Morgan fingerprint density at radius 3 is 2.65 bits per heavy atom. The number of thiophene rings is 1. The molecule has 0 unspecified atom stereocenters. The van der Waals surface area contributed by atoms with Crippen LogP contribution in [-0.4, -0.2) is 17.0 Å². The van der Waals surface area contributed by atoms with E-state index in [1.807, 2.05) is 0 Å². The van der Waals surface area contributed by atoms with Crippen molar-refractivity contribution in [2.45, 2.75) is 6.92 Å². The second-order valence-corrected chi connectivity index (χ2v) is 6.27. The van der Waals surface area contributed by atoms with E-state index in [9.17, 15) is 9.59 Å². The van der Waals surface area contributed by atoms with E-state index in [0.717, 1.165) is 11.3 Å². The lowest BCUT2D eigenvalue weighted by Gasteiger charge is -2.07. The molecule has 2 aromatic rings. The van der Waals surface area contributed by atoms with Gasteiger partial charge in [0.1, 0.15) is 4.88 Å². The average Bonchev–Trinajstić information content (AvgIpc) is 2.70. The second-order valence-electron chi connectivity index (χ2n) is 4.04. The van der Waals surface area contributed by atoms with E-state index in [0.29, 0.717) is 26.3 Å². The van der Waals surface area contributed by atoms with Crippen molar-refractivity contribution < 1.29 is 14.7 Å². The average molecular weight is 375 g/mol. The molecule has 4 nitrogen and oxygen atoms in total. The van der Waals surface area contributed by atoms with Gasteiger partial charge in [-0.2, -0.15) is 0 Å². The molecule has 20 heavy (non-hydrogen) atoms. The molecule has 2 N–H and O–H groups in total. The topological polar surface area (TPSA) is 66.4 Å². The fraction of sp³-hybridized carbons (Fsp3) is 0.0769. The standard InChI is InChI=1S/C13H9BrClNO3S/c1-6-5-20-11(13(18)19)10(6)16-12(17)7-2-8(14)4-9(15)3-7/h2-5H,1H3,(H,16,17)(H,18,19). The van der Waals surface area contributed by atoms with Crippen LogP contribution in [0.3, 0.4) is 0 Å². The van der Waals surface area contributed by atoms with Crippen LogP contribution >= 0.6 is 38.9 Å². The number of aryl methyl sites for hydroxylation is 1. The molecule has 0 aliphatic rings. The number of carbonyl (C=O) groups excluding carboxylic acids is 1. The molecule has 104 valence electrons. The predicted octanol–water partition coefficient (Wildman–Crippen LogP) is 4.42. The SMILES string of the molecule is Cc1csc(C(=O)O)c1NC(=O)c1cc(Cl)cc(Br)c1. The van der Waals surface area contributed by atoms with E-state index in [2.05, 4.69) is 21.2 Å². The molecule has 1 heterocycles. The van der Waals surface area contributed by atoms with Crippen LogP contribution in [0.2, 0.25) is 5.02 Å². The zero-order valence-electron chi connectivity index (χ0n) is 10.2. The molecule has 7 heteroatoms. The summed E-state index contributed by atoms with van der Waals surface area (Å²) in [7, 11) is 0. The molecule has 0 spiro atoms. The van der Waals surface area contributed by atoms with Gasteiger partial charge >= 0.3 is 5.97 Å². The fourth-order valence-electron chi connectivity index (χ4n) is 1.63. The third-order valence-electron chi connectivity index (χ3n) is 2.53. The summed E-state index contributed by atoms with van der Waals surface area (Å²) in [6.45, 7) is 1.74. The first-order valence-corrected chi connectivity index (χ1v) is 7.52. The Morgan fingerprint density at radius 2 is 2.05 bits per heavy atom. The number of benzene rings is 1. The largest absolute Gasteiger partial charge is 0.477 e. The van der Waals surface area contributed by atoms with E-state index in [4.69, 9.17) is 16.7 Å². The van der Waals surface area contributed by atoms with Gasteiger partial charge in [-0.05, 0) is 36.1 Å². The summed E-state index contributed by atoms with van der Waals surface area (Å²) in [6, 6.07) is 4.80. The van der Waals surface area contributed by atoms with Crippen molar-refractivity contribution in [3.8, 4) is 0 Å². The minimum absolute atomic E-state index is 0.108. The number of carboxylic acids is 1. The number of aromatic carboxylic acids is 1. The summed E-state index contributed by atoms with van der Waals surface area (Å²) < 4.78 is 0.677. The smallest absolute Gasteiger partial charge is 0.348 e. The van der Waals surface area contributed by atoms with Crippen LogP contribution in [0.4, 0.5) is 5.69 Å². The first-order chi connectivity index (χ1) is 9.38. The highest BCUT2D eigenvalue weighted by molar-refractivity contribution is 9.10. The zero-order valence-corrected chi connectivity index (χ0v) is 13.4. The molecule has 1 amide bonds. The number of carboxylic acid groups (broad SMARTS) is 1. The molecule has 2 rings (SSSR count). The number of nitrogens with one attached hydrogen (secondary N) is 1. The van der Waals surface area contributed by atoms with E-state index in [-0.39, 0.29) is 4.88 Å². The minimum atomic E-state index is -1.06. The van der Waals surface area contributed by atoms with Gasteiger partial charge in [-0.15, -0.1) is 11.3 Å². The van der Waals surface area contributed by atoms with Crippen molar-refractivity contribution >= 4 is 56.4 Å². The summed E-state index contributed by atoms with van der Waals surface area (Å²) in [5, 5.41) is 13.8. The highest BCUT2D eigenvalue weighted by atomic mass is 79.9. The molecular formula is C13H9BrClNO3S. The van der Waals surface area contributed by atoms with Gasteiger partial charge in [0, 0.05) is 15.1 Å². The summed E-state index contributed by atoms with van der Waals surface area (Å²) >= 11 is 10.2. The number of hydrogen-bond acceptors (Lipinski definition) is 3. The van der Waals surface area contributed by atoms with Crippen LogP contribution in [0, 0.1) is 6.92 Å². The van der Waals surface area contributed by atoms with E-state index >= 15 is 0 Å². The second kappa shape index (κ2) is 5.95. The third-order valence-corrected chi connectivity index (χ3v) is 4.29. The van der Waals surface area contributed by atoms with Crippen LogP contribution in [-0.2, 0) is 0 Å². The molecule has 1 aromatic carbocycles. The maximum atomic E-state index is 12.2. The number of anilines is 1. The van der Waals surface area contributed by atoms with Crippen molar-refractivity contribution in [2.24, 2.45) is 0 Å². The fourth-order valence-corrected chi connectivity index (χ4v) is 3.33. The Bertz CT molecular complexity index is 679. The van der Waals surface area contributed by atoms with Crippen LogP contribution < -0.4 is 5.32 Å². The van der Waals surface area contributed by atoms with Crippen LogP contribution in [0.25, 0.3) is 0 Å². The van der Waals surface area contributed by atoms with Gasteiger partial charge in [-0.1, -0.05) is 27.5 Å². The monoisotopic (exact) mass is 373 g/mol. The van der Waals surface area contributed by atoms with Gasteiger partial charge in [0.15, 0.2) is 0 Å². The molecule has 0 bridgehead atoms. The Balaban J connectivity index is 2.32. The molecule has 0 aliphatic carbocycles. The number of carbonyl (C=O) groups is 2. The highest BCUT2D eigenvalue weighted by Crippen LogP contribution is 2.28. The van der Waals surface area contributed by atoms with Crippen LogP contribution in [0.15, 0.2) is 28.1 Å². The van der Waals surface area contributed by atoms with Crippen molar-refractivity contribution in [3.63, 3.8) is 0 Å². The van der Waals surface area contributed by atoms with Gasteiger partial charge in [0.25, 0.3) is 5.91 Å². The van der Waals surface area contributed by atoms with Gasteiger partial charge < -0.3 is 10.4 Å². The molecule has 0 aliphatic heterocycles. The van der Waals surface area contributed by atoms with Gasteiger partial charge in [-0.25, -0.2) is 4.79 Å². The summed E-state index contributed by atoms with van der Waals surface area (Å²) in [5.74, 6) is -1.47. The lowest BCUT2D eigenvalue weighted by molar-refractivity contribution is 0.0703. The van der Waals surface area contributed by atoms with Gasteiger partial charge in [0.2, 0.25) is 0 Å². The Kier molecular flexibility index (Phi) is 4.47. The summed E-state index contributed by atoms with van der Waals surface area (Å²) in [5.41, 5.74) is 1.39. The maximum Gasteiger partial charge on any atom is 0.348 e.